The molecular formula is C17H15F2N5O2. The number of nitrogens with one attached hydrogen (secondary N) is 1. The molecule has 3 rings (SSSR count). The predicted octanol–water partition coefficient (Wildman–Crippen LogP) is 3.16. The highest BCUT2D eigenvalue weighted by molar-refractivity contribution is 5.62. The minimum absolute atomic E-state index is 0.0669. The third-order valence-electron chi connectivity index (χ3n) is 3.47. The fraction of sp³-hybridized carbons (Fsp3) is 0.118. The molecule has 0 saturated carbocycles. The van der Waals surface area contributed by atoms with Gasteiger partial charge in [-0.1, -0.05) is 0 Å². The van der Waals surface area contributed by atoms with Crippen LogP contribution in [0.2, 0.25) is 0 Å². The molecule has 0 aliphatic carbocycles. The van der Waals surface area contributed by atoms with Gasteiger partial charge >= 0.3 is 0 Å². The third kappa shape index (κ3) is 3.61. The number of aromatic nitrogens is 3. The zero-order chi connectivity index (χ0) is 18.7. The lowest BCUT2D eigenvalue weighted by molar-refractivity contribution is 0.386. The van der Waals surface area contributed by atoms with E-state index >= 15 is 0 Å². The zero-order valence-corrected chi connectivity index (χ0v) is 14.0. The quantitative estimate of drug-likeness (QED) is 0.722. The second-order valence-corrected chi connectivity index (χ2v) is 5.16. The second-order valence-electron chi connectivity index (χ2n) is 5.16. The highest BCUT2D eigenvalue weighted by Gasteiger charge is 2.11. The number of nitrogen functional groups attached to an aromatic ring is 1. The monoisotopic (exact) mass is 359 g/mol. The Morgan fingerprint density at radius 1 is 0.885 bits per heavy atom. The Hall–Kier alpha value is -3.49. The molecule has 0 amide bonds. The fourth-order valence-electron chi connectivity index (χ4n) is 2.26. The first-order valence-corrected chi connectivity index (χ1v) is 7.46. The van der Waals surface area contributed by atoms with Gasteiger partial charge in [0.2, 0.25) is 11.9 Å². The van der Waals surface area contributed by atoms with Crippen molar-refractivity contribution in [2.45, 2.75) is 0 Å². The molecule has 1 heterocycles. The van der Waals surface area contributed by atoms with E-state index in [9.17, 15) is 8.78 Å². The number of hydrogen-bond donors (Lipinski definition) is 2. The first-order chi connectivity index (χ1) is 12.5. The molecule has 1 aromatic heterocycles. The van der Waals surface area contributed by atoms with E-state index in [2.05, 4.69) is 20.3 Å². The summed E-state index contributed by atoms with van der Waals surface area (Å²) in [6.07, 6.45) is 0. The standard InChI is InChI=1S/C17H15F2N5O2/c1-25-13-5-3-9(7-11(13)18)15-22-16(20)24-17(23-15)21-10-4-6-14(26-2)12(19)8-10/h3-8H,1-2H3,(H3,20,21,22,23,24). The molecule has 0 aliphatic heterocycles. The Balaban J connectivity index is 1.93. The van der Waals surface area contributed by atoms with Crippen LogP contribution in [0.15, 0.2) is 36.4 Å². The molecule has 0 aliphatic rings. The predicted molar refractivity (Wildman–Crippen MR) is 92.4 cm³/mol. The number of nitrogens with two attached hydrogens (primary N) is 1. The molecule has 0 bridgehead atoms. The number of benzene rings is 2. The second kappa shape index (κ2) is 7.18. The molecule has 0 radical (unpaired) electrons. The SMILES string of the molecule is COc1ccc(Nc2nc(N)nc(-c3ccc(OC)c(F)c3)n2)cc1F. The van der Waals surface area contributed by atoms with Crippen LogP contribution in [0.25, 0.3) is 11.4 Å². The topological polar surface area (TPSA) is 95.2 Å². The van der Waals surface area contributed by atoms with Crippen LogP contribution in [0.3, 0.4) is 0 Å². The number of halogens is 2. The summed E-state index contributed by atoms with van der Waals surface area (Å²) in [6.45, 7) is 0. The average Bonchev–Trinajstić information content (AvgIpc) is 2.61. The Kier molecular flexibility index (Phi) is 4.78. The first-order valence-electron chi connectivity index (χ1n) is 7.46. The molecule has 9 heteroatoms. The van der Waals surface area contributed by atoms with E-state index in [1.165, 1.54) is 38.5 Å². The van der Waals surface area contributed by atoms with Crippen LogP contribution in [0.4, 0.5) is 26.4 Å². The van der Waals surface area contributed by atoms with E-state index in [4.69, 9.17) is 15.2 Å². The van der Waals surface area contributed by atoms with Crippen molar-refractivity contribution in [1.82, 2.24) is 15.0 Å². The highest BCUT2D eigenvalue weighted by atomic mass is 19.1. The maximum Gasteiger partial charge on any atom is 0.232 e. The van der Waals surface area contributed by atoms with E-state index in [-0.39, 0.29) is 29.2 Å². The summed E-state index contributed by atoms with van der Waals surface area (Å²) < 4.78 is 37.4. The van der Waals surface area contributed by atoms with Gasteiger partial charge in [0.25, 0.3) is 0 Å². The van der Waals surface area contributed by atoms with Gasteiger partial charge in [-0.2, -0.15) is 15.0 Å². The molecule has 7 nitrogen and oxygen atoms in total. The maximum atomic E-state index is 13.9. The molecule has 0 unspecified atom stereocenters. The summed E-state index contributed by atoms with van der Waals surface area (Å²) in [6, 6.07) is 8.55. The Morgan fingerprint density at radius 3 is 2.15 bits per heavy atom. The van der Waals surface area contributed by atoms with Crippen molar-refractivity contribution in [3.8, 4) is 22.9 Å². The summed E-state index contributed by atoms with van der Waals surface area (Å²) in [4.78, 5) is 12.2. The van der Waals surface area contributed by atoms with Gasteiger partial charge in [-0.05, 0) is 30.3 Å². The summed E-state index contributed by atoms with van der Waals surface area (Å²) in [5.41, 5.74) is 6.49. The van der Waals surface area contributed by atoms with Crippen LogP contribution < -0.4 is 20.5 Å². The summed E-state index contributed by atoms with van der Waals surface area (Å²) in [5.74, 6) is -0.706. The van der Waals surface area contributed by atoms with Gasteiger partial charge in [0.05, 0.1) is 14.2 Å². The number of anilines is 3. The summed E-state index contributed by atoms with van der Waals surface area (Å²) in [5, 5.41) is 2.83. The molecule has 0 spiro atoms. The minimum atomic E-state index is -0.560. The van der Waals surface area contributed by atoms with Crippen molar-refractivity contribution >= 4 is 17.6 Å². The Morgan fingerprint density at radius 2 is 1.54 bits per heavy atom. The normalized spacial score (nSPS) is 10.5. The van der Waals surface area contributed by atoms with Crippen LogP contribution >= 0.6 is 0 Å². The van der Waals surface area contributed by atoms with E-state index in [1.807, 2.05) is 0 Å². The van der Waals surface area contributed by atoms with Crippen LogP contribution in [-0.4, -0.2) is 29.2 Å². The molecule has 3 aromatic rings. The van der Waals surface area contributed by atoms with Crippen molar-refractivity contribution in [3.63, 3.8) is 0 Å². The number of methoxy groups -OCH3 is 2. The highest BCUT2D eigenvalue weighted by Crippen LogP contribution is 2.26. The molecule has 0 saturated heterocycles. The lowest BCUT2D eigenvalue weighted by Gasteiger charge is -2.09. The lowest BCUT2D eigenvalue weighted by Crippen LogP contribution is -2.05. The van der Waals surface area contributed by atoms with Gasteiger partial charge in [-0.3, -0.25) is 0 Å². The summed E-state index contributed by atoms with van der Waals surface area (Å²) in [7, 11) is 2.74. The molecule has 2 aromatic carbocycles. The largest absolute Gasteiger partial charge is 0.494 e. The number of rotatable bonds is 5. The fourth-order valence-corrected chi connectivity index (χ4v) is 2.26. The van der Waals surface area contributed by atoms with E-state index in [0.717, 1.165) is 0 Å². The third-order valence-corrected chi connectivity index (χ3v) is 3.47. The maximum absolute atomic E-state index is 13.9. The number of hydrogen-bond acceptors (Lipinski definition) is 7. The van der Waals surface area contributed by atoms with Crippen molar-refractivity contribution in [3.05, 3.63) is 48.0 Å². The minimum Gasteiger partial charge on any atom is -0.494 e. The van der Waals surface area contributed by atoms with Crippen LogP contribution in [0.1, 0.15) is 0 Å². The smallest absolute Gasteiger partial charge is 0.232 e. The van der Waals surface area contributed by atoms with E-state index in [0.29, 0.717) is 11.3 Å². The zero-order valence-electron chi connectivity index (χ0n) is 14.0. The molecule has 0 fully saturated rings. The van der Waals surface area contributed by atoms with Crippen molar-refractivity contribution < 1.29 is 18.3 Å². The van der Waals surface area contributed by atoms with Crippen molar-refractivity contribution in [2.75, 3.05) is 25.3 Å². The van der Waals surface area contributed by atoms with Gasteiger partial charge in [-0.15, -0.1) is 0 Å². The van der Waals surface area contributed by atoms with E-state index in [1.54, 1.807) is 12.1 Å². The van der Waals surface area contributed by atoms with Crippen molar-refractivity contribution in [2.24, 2.45) is 0 Å². The van der Waals surface area contributed by atoms with Gasteiger partial charge in [-0.25, -0.2) is 8.78 Å². The Labute approximate surface area is 147 Å². The van der Waals surface area contributed by atoms with Gasteiger partial charge < -0.3 is 20.5 Å². The molecule has 26 heavy (non-hydrogen) atoms. The number of ether oxygens (including phenoxy) is 2. The first kappa shape index (κ1) is 17.3. The van der Waals surface area contributed by atoms with Gasteiger partial charge in [0.15, 0.2) is 29.0 Å². The van der Waals surface area contributed by atoms with Crippen LogP contribution in [0.5, 0.6) is 11.5 Å². The van der Waals surface area contributed by atoms with Gasteiger partial charge in [0, 0.05) is 17.3 Å². The lowest BCUT2D eigenvalue weighted by atomic mass is 10.2. The molecule has 0 atom stereocenters. The summed E-state index contributed by atoms with van der Waals surface area (Å²) >= 11 is 0. The van der Waals surface area contributed by atoms with E-state index < -0.39 is 11.6 Å². The Bertz CT molecular complexity index is 952. The van der Waals surface area contributed by atoms with Crippen molar-refractivity contribution in [1.29, 1.82) is 0 Å². The molecular weight excluding hydrogens is 344 g/mol. The molecule has 3 N–H and O–H groups in total. The molecule has 134 valence electrons. The average molecular weight is 359 g/mol. The van der Waals surface area contributed by atoms with Crippen LogP contribution in [-0.2, 0) is 0 Å². The van der Waals surface area contributed by atoms with Crippen LogP contribution in [0, 0.1) is 11.6 Å². The number of nitrogens with zero attached hydrogens (tertiary/aromatic N) is 3. The van der Waals surface area contributed by atoms with Gasteiger partial charge in [0.1, 0.15) is 0 Å².